The Bertz CT molecular complexity index is 325. The highest BCUT2D eigenvalue weighted by Crippen LogP contribution is 2.37. The summed E-state index contributed by atoms with van der Waals surface area (Å²) in [5.41, 5.74) is 2.27. The van der Waals surface area contributed by atoms with Crippen LogP contribution in [-0.4, -0.2) is 20.3 Å². The molecule has 70 valence electrons. The Morgan fingerprint density at radius 3 is 2.92 bits per heavy atom. The van der Waals surface area contributed by atoms with Gasteiger partial charge in [-0.15, -0.1) is 0 Å². The smallest absolute Gasteiger partial charge is 0.169 e. The van der Waals surface area contributed by atoms with Crippen molar-refractivity contribution in [1.29, 1.82) is 0 Å². The molecule has 0 saturated carbocycles. The van der Waals surface area contributed by atoms with Gasteiger partial charge in [0.1, 0.15) is 5.75 Å². The largest absolute Gasteiger partial charge is 0.469 e. The van der Waals surface area contributed by atoms with E-state index in [9.17, 15) is 0 Å². The van der Waals surface area contributed by atoms with Crippen LogP contribution in [0.1, 0.15) is 6.92 Å². The van der Waals surface area contributed by atoms with E-state index in [-0.39, 0.29) is 6.23 Å². The van der Waals surface area contributed by atoms with E-state index >= 15 is 0 Å². The molecule has 3 nitrogen and oxygen atoms in total. The van der Waals surface area contributed by atoms with Gasteiger partial charge in [0, 0.05) is 19.8 Å². The number of hydrogen-bond acceptors (Lipinski definition) is 3. The van der Waals surface area contributed by atoms with Crippen molar-refractivity contribution in [2.24, 2.45) is 0 Å². The molecule has 1 aliphatic heterocycles. The SMILES string of the molecule is CNc1ccc2c(c1)N(C)C(C)O2. The van der Waals surface area contributed by atoms with E-state index in [2.05, 4.69) is 16.3 Å². The second kappa shape index (κ2) is 2.83. The molecule has 0 saturated heterocycles. The van der Waals surface area contributed by atoms with E-state index in [1.165, 1.54) is 0 Å². The van der Waals surface area contributed by atoms with Gasteiger partial charge in [0.05, 0.1) is 5.69 Å². The molecule has 0 spiro atoms. The lowest BCUT2D eigenvalue weighted by Crippen LogP contribution is -2.27. The standard InChI is InChI=1S/C10H14N2O/c1-7-12(3)9-6-8(11-2)4-5-10(9)13-7/h4-7,11H,1-3H3. The van der Waals surface area contributed by atoms with Crippen molar-refractivity contribution in [3.05, 3.63) is 18.2 Å². The van der Waals surface area contributed by atoms with E-state index in [1.54, 1.807) is 0 Å². The highest BCUT2D eigenvalue weighted by atomic mass is 16.5. The van der Waals surface area contributed by atoms with E-state index in [0.717, 1.165) is 17.1 Å². The van der Waals surface area contributed by atoms with E-state index in [4.69, 9.17) is 4.74 Å². The van der Waals surface area contributed by atoms with Crippen molar-refractivity contribution in [2.45, 2.75) is 13.2 Å². The molecule has 3 heteroatoms. The Kier molecular flexibility index (Phi) is 1.79. The predicted octanol–water partition coefficient (Wildman–Crippen LogP) is 1.90. The van der Waals surface area contributed by atoms with Crippen LogP contribution in [0.25, 0.3) is 0 Å². The number of nitrogens with zero attached hydrogens (tertiary/aromatic N) is 1. The highest BCUT2D eigenvalue weighted by molar-refractivity contribution is 5.68. The molecule has 13 heavy (non-hydrogen) atoms. The summed E-state index contributed by atoms with van der Waals surface area (Å²) in [6.07, 6.45) is 0.141. The summed E-state index contributed by atoms with van der Waals surface area (Å²) in [6, 6.07) is 6.12. The molecule has 0 aliphatic carbocycles. The zero-order chi connectivity index (χ0) is 9.42. The molecule has 1 N–H and O–H groups in total. The number of rotatable bonds is 1. The second-order valence-corrected chi connectivity index (χ2v) is 3.26. The topological polar surface area (TPSA) is 24.5 Å². The van der Waals surface area contributed by atoms with Crippen molar-refractivity contribution in [3.63, 3.8) is 0 Å². The molecular weight excluding hydrogens is 164 g/mol. The van der Waals surface area contributed by atoms with Crippen LogP contribution >= 0.6 is 0 Å². The van der Waals surface area contributed by atoms with Crippen LogP contribution in [0.15, 0.2) is 18.2 Å². The summed E-state index contributed by atoms with van der Waals surface area (Å²) < 4.78 is 5.62. The van der Waals surface area contributed by atoms with Gasteiger partial charge in [0.25, 0.3) is 0 Å². The normalized spacial score (nSPS) is 19.6. The summed E-state index contributed by atoms with van der Waals surface area (Å²) >= 11 is 0. The van der Waals surface area contributed by atoms with Crippen molar-refractivity contribution in [3.8, 4) is 5.75 Å². The fourth-order valence-corrected chi connectivity index (χ4v) is 1.51. The molecule has 0 bridgehead atoms. The number of hydrogen-bond donors (Lipinski definition) is 1. The van der Waals surface area contributed by atoms with Gasteiger partial charge in [-0.2, -0.15) is 0 Å². The minimum absolute atomic E-state index is 0.141. The molecule has 0 fully saturated rings. The fourth-order valence-electron chi connectivity index (χ4n) is 1.51. The van der Waals surface area contributed by atoms with Gasteiger partial charge in [-0.25, -0.2) is 0 Å². The molecular formula is C10H14N2O. The van der Waals surface area contributed by atoms with Crippen LogP contribution in [0.2, 0.25) is 0 Å². The Morgan fingerprint density at radius 2 is 2.23 bits per heavy atom. The van der Waals surface area contributed by atoms with Crippen LogP contribution in [0.5, 0.6) is 5.75 Å². The number of ether oxygens (including phenoxy) is 1. The fraction of sp³-hybridized carbons (Fsp3) is 0.400. The molecule has 1 unspecified atom stereocenters. The Balaban J connectivity index is 2.42. The summed E-state index contributed by atoms with van der Waals surface area (Å²) in [5, 5.41) is 3.11. The predicted molar refractivity (Wildman–Crippen MR) is 54.5 cm³/mol. The molecule has 1 aliphatic rings. The van der Waals surface area contributed by atoms with Crippen LogP contribution < -0.4 is 15.0 Å². The molecule has 2 rings (SSSR count). The first-order valence-electron chi connectivity index (χ1n) is 4.43. The van der Waals surface area contributed by atoms with Crippen molar-refractivity contribution >= 4 is 11.4 Å². The molecule has 1 heterocycles. The Hall–Kier alpha value is -1.38. The van der Waals surface area contributed by atoms with Gasteiger partial charge in [0.2, 0.25) is 0 Å². The van der Waals surface area contributed by atoms with Crippen LogP contribution in [0, 0.1) is 0 Å². The maximum atomic E-state index is 5.62. The Morgan fingerprint density at radius 1 is 1.46 bits per heavy atom. The Labute approximate surface area is 78.3 Å². The van der Waals surface area contributed by atoms with Crippen molar-refractivity contribution in [1.82, 2.24) is 0 Å². The molecule has 0 radical (unpaired) electrons. The van der Waals surface area contributed by atoms with E-state index in [0.29, 0.717) is 0 Å². The van der Waals surface area contributed by atoms with Gasteiger partial charge in [-0.1, -0.05) is 0 Å². The lowest BCUT2D eigenvalue weighted by molar-refractivity contribution is 0.251. The zero-order valence-corrected chi connectivity index (χ0v) is 8.16. The lowest BCUT2D eigenvalue weighted by atomic mass is 10.2. The first-order valence-corrected chi connectivity index (χ1v) is 4.43. The number of benzene rings is 1. The first-order chi connectivity index (χ1) is 6.22. The highest BCUT2D eigenvalue weighted by Gasteiger charge is 2.23. The maximum absolute atomic E-state index is 5.62. The van der Waals surface area contributed by atoms with Gasteiger partial charge in [0.15, 0.2) is 6.23 Å². The average Bonchev–Trinajstić information content (AvgIpc) is 2.43. The third-order valence-corrected chi connectivity index (χ3v) is 2.47. The third kappa shape index (κ3) is 1.20. The van der Waals surface area contributed by atoms with Crippen LogP contribution in [0.4, 0.5) is 11.4 Å². The number of fused-ring (bicyclic) bond motifs is 1. The zero-order valence-electron chi connectivity index (χ0n) is 8.16. The summed E-state index contributed by atoms with van der Waals surface area (Å²) in [5.74, 6) is 0.967. The van der Waals surface area contributed by atoms with Gasteiger partial charge >= 0.3 is 0 Å². The van der Waals surface area contributed by atoms with E-state index < -0.39 is 0 Å². The molecule has 1 aromatic rings. The van der Waals surface area contributed by atoms with Gasteiger partial charge < -0.3 is 15.0 Å². The molecule has 1 aromatic carbocycles. The third-order valence-electron chi connectivity index (χ3n) is 2.47. The molecule has 0 amide bonds. The minimum atomic E-state index is 0.141. The quantitative estimate of drug-likeness (QED) is 0.710. The van der Waals surface area contributed by atoms with Crippen molar-refractivity contribution in [2.75, 3.05) is 24.3 Å². The lowest BCUT2D eigenvalue weighted by Gasteiger charge is -2.15. The van der Waals surface area contributed by atoms with Gasteiger partial charge in [-0.05, 0) is 25.1 Å². The monoisotopic (exact) mass is 178 g/mol. The summed E-state index contributed by atoms with van der Waals surface area (Å²) in [6.45, 7) is 2.04. The summed E-state index contributed by atoms with van der Waals surface area (Å²) in [7, 11) is 3.96. The average molecular weight is 178 g/mol. The van der Waals surface area contributed by atoms with Crippen LogP contribution in [-0.2, 0) is 0 Å². The van der Waals surface area contributed by atoms with Crippen LogP contribution in [0.3, 0.4) is 0 Å². The minimum Gasteiger partial charge on any atom is -0.469 e. The number of nitrogens with one attached hydrogen (secondary N) is 1. The van der Waals surface area contributed by atoms with Crippen molar-refractivity contribution < 1.29 is 4.74 Å². The number of anilines is 2. The summed E-state index contributed by atoms with van der Waals surface area (Å²) in [4.78, 5) is 2.12. The van der Waals surface area contributed by atoms with E-state index in [1.807, 2.05) is 33.2 Å². The van der Waals surface area contributed by atoms with Gasteiger partial charge in [-0.3, -0.25) is 0 Å². The molecule has 0 aromatic heterocycles. The second-order valence-electron chi connectivity index (χ2n) is 3.26. The first kappa shape index (κ1) is 8.23. The maximum Gasteiger partial charge on any atom is 0.169 e. The molecule has 1 atom stereocenters.